The quantitative estimate of drug-likeness (QED) is 0.908. The van der Waals surface area contributed by atoms with E-state index in [2.05, 4.69) is 27.3 Å². The Kier molecular flexibility index (Phi) is 3.87. The van der Waals surface area contributed by atoms with Gasteiger partial charge in [0.25, 0.3) is 0 Å². The van der Waals surface area contributed by atoms with Crippen LogP contribution in [0.2, 0.25) is 0 Å². The molecule has 2 aromatic carbocycles. The maximum atomic E-state index is 14.0. The molecule has 1 unspecified atom stereocenters. The summed E-state index contributed by atoms with van der Waals surface area (Å²) in [6.07, 6.45) is 0. The lowest BCUT2D eigenvalue weighted by molar-refractivity contribution is 0.570. The van der Waals surface area contributed by atoms with E-state index in [1.807, 2.05) is 30.3 Å². The van der Waals surface area contributed by atoms with Crippen LogP contribution in [-0.4, -0.2) is 0 Å². The number of nitrogens with zero attached hydrogens (tertiary/aromatic N) is 1. The number of nitrogens with one attached hydrogen (secondary N) is 1. The molecule has 96 valence electrons. The summed E-state index contributed by atoms with van der Waals surface area (Å²) in [6.45, 7) is 1.66. The van der Waals surface area contributed by atoms with E-state index >= 15 is 0 Å². The van der Waals surface area contributed by atoms with E-state index in [1.54, 1.807) is 19.1 Å². The smallest absolute Gasteiger partial charge is 0.151 e. The topological polar surface area (TPSA) is 35.8 Å². The number of rotatable bonds is 3. The normalized spacial score (nSPS) is 13.4. The third-order valence-electron chi connectivity index (χ3n) is 2.86. The van der Waals surface area contributed by atoms with E-state index in [0.717, 1.165) is 5.69 Å². The van der Waals surface area contributed by atoms with Gasteiger partial charge in [-0.05, 0) is 31.2 Å². The van der Waals surface area contributed by atoms with Gasteiger partial charge >= 0.3 is 0 Å². The van der Waals surface area contributed by atoms with E-state index in [0.29, 0.717) is 10.0 Å². The van der Waals surface area contributed by atoms with Crippen molar-refractivity contribution in [2.75, 3.05) is 5.32 Å². The van der Waals surface area contributed by atoms with Crippen LogP contribution in [0.4, 0.5) is 10.1 Å². The standard InChI is InChI=1S/C15H12BrFN2/c1-15(10-18,19-12-5-3-2-4-6-12)13-8-7-11(16)9-14(13)17/h2-9,19H,1H3. The summed E-state index contributed by atoms with van der Waals surface area (Å²) in [5.41, 5.74) is -0.0255. The highest BCUT2D eigenvalue weighted by molar-refractivity contribution is 9.10. The van der Waals surface area contributed by atoms with Gasteiger partial charge in [-0.2, -0.15) is 5.26 Å². The molecule has 0 spiro atoms. The number of hydrogen-bond donors (Lipinski definition) is 1. The molecule has 0 saturated heterocycles. The Morgan fingerprint density at radius 1 is 1.21 bits per heavy atom. The summed E-state index contributed by atoms with van der Waals surface area (Å²) in [6, 6.07) is 16.1. The first-order valence-corrected chi connectivity index (χ1v) is 6.54. The fourth-order valence-corrected chi connectivity index (χ4v) is 2.19. The van der Waals surface area contributed by atoms with Crippen LogP contribution in [-0.2, 0) is 5.54 Å². The summed E-state index contributed by atoms with van der Waals surface area (Å²) in [7, 11) is 0. The number of anilines is 1. The molecule has 2 nitrogen and oxygen atoms in total. The molecule has 0 aromatic heterocycles. The van der Waals surface area contributed by atoms with E-state index in [1.165, 1.54) is 6.07 Å². The number of para-hydroxylation sites is 1. The minimum absolute atomic E-state index is 0.321. The fraction of sp³-hybridized carbons (Fsp3) is 0.133. The lowest BCUT2D eigenvalue weighted by Crippen LogP contribution is -2.31. The van der Waals surface area contributed by atoms with Crippen LogP contribution in [0, 0.1) is 17.1 Å². The highest BCUT2D eigenvalue weighted by Crippen LogP contribution is 2.29. The molecule has 1 N–H and O–H groups in total. The molecule has 0 radical (unpaired) electrons. The van der Waals surface area contributed by atoms with Crippen molar-refractivity contribution in [3.63, 3.8) is 0 Å². The molecular weight excluding hydrogens is 307 g/mol. The predicted molar refractivity (Wildman–Crippen MR) is 77.1 cm³/mol. The molecule has 4 heteroatoms. The van der Waals surface area contributed by atoms with Gasteiger partial charge < -0.3 is 5.32 Å². The second kappa shape index (κ2) is 5.41. The highest BCUT2D eigenvalue weighted by Gasteiger charge is 2.29. The molecule has 0 fully saturated rings. The van der Waals surface area contributed by atoms with Crippen LogP contribution in [0.3, 0.4) is 0 Å². The largest absolute Gasteiger partial charge is 0.364 e. The number of hydrogen-bond acceptors (Lipinski definition) is 2. The van der Waals surface area contributed by atoms with Crippen molar-refractivity contribution in [1.82, 2.24) is 0 Å². The maximum Gasteiger partial charge on any atom is 0.151 e. The van der Waals surface area contributed by atoms with Crippen molar-refractivity contribution >= 4 is 21.6 Å². The SMILES string of the molecule is CC(C#N)(Nc1ccccc1)c1ccc(Br)cc1F. The third kappa shape index (κ3) is 2.94. The summed E-state index contributed by atoms with van der Waals surface area (Å²) in [5, 5.41) is 12.5. The molecule has 2 rings (SSSR count). The van der Waals surface area contributed by atoms with Crippen LogP contribution in [0.25, 0.3) is 0 Å². The van der Waals surface area contributed by atoms with Crippen molar-refractivity contribution in [1.29, 1.82) is 5.26 Å². The van der Waals surface area contributed by atoms with Crippen LogP contribution in [0.5, 0.6) is 0 Å². The second-order valence-corrected chi connectivity index (χ2v) is 5.27. The molecule has 0 aliphatic rings. The minimum atomic E-state index is -1.12. The Morgan fingerprint density at radius 2 is 1.89 bits per heavy atom. The zero-order chi connectivity index (χ0) is 13.9. The number of halogens is 2. The van der Waals surface area contributed by atoms with Crippen molar-refractivity contribution in [3.05, 3.63) is 64.4 Å². The van der Waals surface area contributed by atoms with Gasteiger partial charge in [-0.15, -0.1) is 0 Å². The molecule has 0 heterocycles. The molecule has 0 aliphatic carbocycles. The van der Waals surface area contributed by atoms with Gasteiger partial charge in [0.1, 0.15) is 5.82 Å². The Balaban J connectivity index is 2.40. The van der Waals surface area contributed by atoms with E-state index in [-0.39, 0.29) is 0 Å². The van der Waals surface area contributed by atoms with Crippen LogP contribution < -0.4 is 5.32 Å². The molecule has 0 amide bonds. The van der Waals surface area contributed by atoms with Gasteiger partial charge in [-0.25, -0.2) is 4.39 Å². The fourth-order valence-electron chi connectivity index (χ4n) is 1.86. The molecule has 0 bridgehead atoms. The average molecular weight is 319 g/mol. The first kappa shape index (κ1) is 13.6. The van der Waals surface area contributed by atoms with Gasteiger partial charge in [0.05, 0.1) is 6.07 Å². The molecule has 19 heavy (non-hydrogen) atoms. The molecule has 0 aliphatic heterocycles. The van der Waals surface area contributed by atoms with E-state index < -0.39 is 11.4 Å². The van der Waals surface area contributed by atoms with Crippen LogP contribution >= 0.6 is 15.9 Å². The summed E-state index contributed by atoms with van der Waals surface area (Å²) in [4.78, 5) is 0. The van der Waals surface area contributed by atoms with E-state index in [9.17, 15) is 9.65 Å². The van der Waals surface area contributed by atoms with Gasteiger partial charge in [0.15, 0.2) is 5.54 Å². The zero-order valence-corrected chi connectivity index (χ0v) is 11.9. The van der Waals surface area contributed by atoms with Crippen LogP contribution in [0.1, 0.15) is 12.5 Å². The van der Waals surface area contributed by atoms with Crippen molar-refractivity contribution in [3.8, 4) is 6.07 Å². The highest BCUT2D eigenvalue weighted by atomic mass is 79.9. The van der Waals surface area contributed by atoms with E-state index in [4.69, 9.17) is 0 Å². The minimum Gasteiger partial charge on any atom is -0.364 e. The average Bonchev–Trinajstić information content (AvgIpc) is 2.39. The van der Waals surface area contributed by atoms with Gasteiger partial charge in [-0.3, -0.25) is 0 Å². The monoisotopic (exact) mass is 318 g/mol. The third-order valence-corrected chi connectivity index (χ3v) is 3.35. The van der Waals surface area contributed by atoms with Crippen molar-refractivity contribution < 1.29 is 4.39 Å². The summed E-state index contributed by atoms with van der Waals surface area (Å²) in [5.74, 6) is -0.415. The lowest BCUT2D eigenvalue weighted by Gasteiger charge is -2.25. The summed E-state index contributed by atoms with van der Waals surface area (Å²) >= 11 is 3.21. The van der Waals surface area contributed by atoms with Gasteiger partial charge in [0.2, 0.25) is 0 Å². The molecular formula is C15H12BrFN2. The maximum absolute atomic E-state index is 14.0. The Labute approximate surface area is 120 Å². The second-order valence-electron chi connectivity index (χ2n) is 4.35. The Morgan fingerprint density at radius 3 is 2.47 bits per heavy atom. The van der Waals surface area contributed by atoms with Gasteiger partial charge in [-0.1, -0.05) is 40.2 Å². The first-order chi connectivity index (χ1) is 9.05. The van der Waals surface area contributed by atoms with Crippen LogP contribution in [0.15, 0.2) is 53.0 Å². The lowest BCUT2D eigenvalue weighted by atomic mass is 9.92. The molecule has 0 saturated carbocycles. The zero-order valence-electron chi connectivity index (χ0n) is 10.3. The Hall–Kier alpha value is -1.86. The van der Waals surface area contributed by atoms with Crippen molar-refractivity contribution in [2.45, 2.75) is 12.5 Å². The van der Waals surface area contributed by atoms with Gasteiger partial charge in [0, 0.05) is 15.7 Å². The van der Waals surface area contributed by atoms with Crippen molar-refractivity contribution in [2.24, 2.45) is 0 Å². The number of nitriles is 1. The molecule has 2 aromatic rings. The predicted octanol–water partition coefficient (Wildman–Crippen LogP) is 4.44. The summed E-state index contributed by atoms with van der Waals surface area (Å²) < 4.78 is 14.7. The molecule has 1 atom stereocenters. The first-order valence-electron chi connectivity index (χ1n) is 5.75. The number of benzene rings is 2. The Bertz CT molecular complexity index is 622.